The van der Waals surface area contributed by atoms with Gasteiger partial charge < -0.3 is 5.32 Å². The molecular formula is C12H15BrFN. The van der Waals surface area contributed by atoms with Crippen molar-refractivity contribution in [3.8, 4) is 0 Å². The van der Waals surface area contributed by atoms with Crippen molar-refractivity contribution in [2.45, 2.75) is 19.8 Å². The number of benzene rings is 1. The van der Waals surface area contributed by atoms with Crippen LogP contribution in [-0.4, -0.2) is 13.1 Å². The van der Waals surface area contributed by atoms with Crippen LogP contribution in [0.5, 0.6) is 0 Å². The summed E-state index contributed by atoms with van der Waals surface area (Å²) in [5.41, 5.74) is 1.12. The molecule has 0 bridgehead atoms. The molecule has 82 valence electrons. The Morgan fingerprint density at radius 3 is 2.67 bits per heavy atom. The first-order valence-electron chi connectivity index (χ1n) is 5.30. The lowest BCUT2D eigenvalue weighted by molar-refractivity contribution is 0.158. The van der Waals surface area contributed by atoms with E-state index >= 15 is 0 Å². The van der Waals surface area contributed by atoms with Crippen LogP contribution in [0, 0.1) is 11.2 Å². The summed E-state index contributed by atoms with van der Waals surface area (Å²) in [5.74, 6) is -0.0934. The fourth-order valence-electron chi connectivity index (χ4n) is 2.05. The maximum atomic E-state index is 13.6. The van der Waals surface area contributed by atoms with Gasteiger partial charge in [-0.15, -0.1) is 0 Å². The molecule has 1 aromatic rings. The topological polar surface area (TPSA) is 12.0 Å². The minimum atomic E-state index is -0.0934. The molecular weight excluding hydrogens is 257 g/mol. The fraction of sp³-hybridized carbons (Fsp3) is 0.500. The molecule has 3 heteroatoms. The van der Waals surface area contributed by atoms with Crippen molar-refractivity contribution in [1.29, 1.82) is 0 Å². The highest BCUT2D eigenvalue weighted by atomic mass is 79.9. The van der Waals surface area contributed by atoms with Gasteiger partial charge in [0.15, 0.2) is 0 Å². The molecule has 0 saturated carbocycles. The van der Waals surface area contributed by atoms with E-state index in [0.29, 0.717) is 0 Å². The molecule has 0 aliphatic carbocycles. The van der Waals surface area contributed by atoms with Gasteiger partial charge in [-0.3, -0.25) is 0 Å². The quantitative estimate of drug-likeness (QED) is 0.891. The van der Waals surface area contributed by atoms with Crippen LogP contribution < -0.4 is 5.32 Å². The Morgan fingerprint density at radius 1 is 1.47 bits per heavy atom. The van der Waals surface area contributed by atoms with Crippen LogP contribution in [0.3, 0.4) is 0 Å². The van der Waals surface area contributed by atoms with Crippen molar-refractivity contribution < 1.29 is 4.39 Å². The molecule has 2 rings (SSSR count). The predicted octanol–water partition coefficient (Wildman–Crippen LogP) is 3.13. The van der Waals surface area contributed by atoms with Crippen LogP contribution in [0.4, 0.5) is 4.39 Å². The van der Waals surface area contributed by atoms with Crippen molar-refractivity contribution in [2.75, 3.05) is 13.1 Å². The molecule has 1 heterocycles. The second-order valence-electron chi connectivity index (χ2n) is 4.37. The molecule has 1 saturated heterocycles. The molecule has 1 N–H and O–H groups in total. The molecule has 15 heavy (non-hydrogen) atoms. The Kier molecular flexibility index (Phi) is 3.12. The molecule has 1 nitrogen and oxygen atoms in total. The smallest absolute Gasteiger partial charge is 0.127 e. The Hall–Kier alpha value is -0.410. The number of hydrogen-bond acceptors (Lipinski definition) is 1. The van der Waals surface area contributed by atoms with Crippen LogP contribution in [0.2, 0.25) is 0 Å². The minimum Gasteiger partial charge on any atom is -0.316 e. The van der Waals surface area contributed by atoms with Crippen molar-refractivity contribution in [2.24, 2.45) is 5.41 Å². The molecule has 1 aromatic carbocycles. The zero-order chi connectivity index (χ0) is 10.9. The molecule has 0 unspecified atom stereocenters. The summed E-state index contributed by atoms with van der Waals surface area (Å²) in [6.07, 6.45) is 1.95. The first-order valence-corrected chi connectivity index (χ1v) is 6.09. The van der Waals surface area contributed by atoms with Crippen LogP contribution in [0.15, 0.2) is 22.7 Å². The van der Waals surface area contributed by atoms with E-state index in [1.54, 1.807) is 6.07 Å². The van der Waals surface area contributed by atoms with Crippen LogP contribution in [0.25, 0.3) is 0 Å². The zero-order valence-corrected chi connectivity index (χ0v) is 10.4. The van der Waals surface area contributed by atoms with Gasteiger partial charge in [-0.25, -0.2) is 4.39 Å². The number of halogens is 2. The fourth-order valence-corrected chi connectivity index (χ4v) is 2.38. The van der Waals surface area contributed by atoms with E-state index in [0.717, 1.165) is 36.0 Å². The van der Waals surface area contributed by atoms with Crippen molar-refractivity contribution in [3.05, 3.63) is 34.1 Å². The lowest BCUT2D eigenvalue weighted by Crippen LogP contribution is -2.54. The molecule has 0 amide bonds. The first-order chi connectivity index (χ1) is 7.15. The molecule has 0 atom stereocenters. The lowest BCUT2D eigenvalue weighted by atomic mass is 9.74. The second kappa shape index (κ2) is 4.22. The maximum Gasteiger partial charge on any atom is 0.127 e. The van der Waals surface area contributed by atoms with E-state index < -0.39 is 0 Å². The van der Waals surface area contributed by atoms with Gasteiger partial charge >= 0.3 is 0 Å². The maximum absolute atomic E-state index is 13.6. The highest BCUT2D eigenvalue weighted by Gasteiger charge is 2.35. The summed E-state index contributed by atoms with van der Waals surface area (Å²) >= 11 is 3.27. The summed E-state index contributed by atoms with van der Waals surface area (Å²) in [7, 11) is 0. The molecule has 1 aliphatic heterocycles. The SMILES string of the molecule is CCC1(Cc2ccc(Br)cc2F)CNC1. The summed E-state index contributed by atoms with van der Waals surface area (Å²) in [5, 5.41) is 3.27. The van der Waals surface area contributed by atoms with Gasteiger partial charge in [0.25, 0.3) is 0 Å². The largest absolute Gasteiger partial charge is 0.316 e. The van der Waals surface area contributed by atoms with E-state index in [9.17, 15) is 4.39 Å². The monoisotopic (exact) mass is 271 g/mol. The molecule has 1 fully saturated rings. The van der Waals surface area contributed by atoms with Crippen molar-refractivity contribution in [1.82, 2.24) is 5.32 Å². The van der Waals surface area contributed by atoms with Crippen LogP contribution >= 0.6 is 15.9 Å². The third kappa shape index (κ3) is 2.23. The lowest BCUT2D eigenvalue weighted by Gasteiger charge is -2.42. The highest BCUT2D eigenvalue weighted by Crippen LogP contribution is 2.32. The summed E-state index contributed by atoms with van der Waals surface area (Å²) in [6, 6.07) is 5.34. The van der Waals surface area contributed by atoms with Gasteiger partial charge in [-0.2, -0.15) is 0 Å². The van der Waals surface area contributed by atoms with Gasteiger partial charge in [-0.05, 0) is 36.0 Å². The second-order valence-corrected chi connectivity index (χ2v) is 5.29. The van der Waals surface area contributed by atoms with Crippen LogP contribution in [0.1, 0.15) is 18.9 Å². The van der Waals surface area contributed by atoms with Gasteiger partial charge in [-0.1, -0.05) is 28.9 Å². The Balaban J connectivity index is 2.16. The Labute approximate surface area is 98.2 Å². The molecule has 0 aromatic heterocycles. The van der Waals surface area contributed by atoms with E-state index in [4.69, 9.17) is 0 Å². The van der Waals surface area contributed by atoms with Gasteiger partial charge in [0.2, 0.25) is 0 Å². The van der Waals surface area contributed by atoms with Gasteiger partial charge in [0, 0.05) is 17.6 Å². The molecule has 1 aliphatic rings. The molecule has 0 radical (unpaired) electrons. The Bertz CT molecular complexity index is 355. The van der Waals surface area contributed by atoms with Crippen molar-refractivity contribution >= 4 is 15.9 Å². The summed E-state index contributed by atoms with van der Waals surface area (Å²) in [4.78, 5) is 0. The third-order valence-corrected chi connectivity index (χ3v) is 3.82. The normalized spacial score (nSPS) is 18.6. The van der Waals surface area contributed by atoms with E-state index in [1.807, 2.05) is 12.1 Å². The number of rotatable bonds is 3. The van der Waals surface area contributed by atoms with E-state index in [2.05, 4.69) is 28.2 Å². The number of nitrogens with one attached hydrogen (secondary N) is 1. The molecule has 0 spiro atoms. The van der Waals surface area contributed by atoms with E-state index in [1.165, 1.54) is 0 Å². The van der Waals surface area contributed by atoms with Crippen LogP contribution in [-0.2, 0) is 6.42 Å². The minimum absolute atomic E-state index is 0.0934. The average molecular weight is 272 g/mol. The van der Waals surface area contributed by atoms with Crippen molar-refractivity contribution in [3.63, 3.8) is 0 Å². The summed E-state index contributed by atoms with van der Waals surface area (Å²) in [6.45, 7) is 4.20. The highest BCUT2D eigenvalue weighted by molar-refractivity contribution is 9.10. The first kappa shape index (κ1) is 11.1. The number of hydrogen-bond donors (Lipinski definition) is 1. The van der Waals surface area contributed by atoms with E-state index in [-0.39, 0.29) is 11.2 Å². The van der Waals surface area contributed by atoms with Gasteiger partial charge in [0.1, 0.15) is 5.82 Å². The average Bonchev–Trinajstić information content (AvgIpc) is 2.14. The zero-order valence-electron chi connectivity index (χ0n) is 8.82. The summed E-state index contributed by atoms with van der Waals surface area (Å²) < 4.78 is 14.4. The predicted molar refractivity (Wildman–Crippen MR) is 63.4 cm³/mol. The van der Waals surface area contributed by atoms with Gasteiger partial charge in [0.05, 0.1) is 0 Å². The Morgan fingerprint density at radius 2 is 2.20 bits per heavy atom. The third-order valence-electron chi connectivity index (χ3n) is 3.33. The standard InChI is InChI=1S/C12H15BrFN/c1-2-12(7-15-8-12)6-9-3-4-10(13)5-11(9)14/h3-5,15H,2,6-8H2,1H3.